The molecule has 1 aromatic carbocycles. The van der Waals surface area contributed by atoms with Gasteiger partial charge in [0.2, 0.25) is 0 Å². The minimum Gasteiger partial charge on any atom is -0.382 e. The average Bonchev–Trinajstić information content (AvgIpc) is 2.98. The lowest BCUT2D eigenvalue weighted by atomic mass is 9.78. The predicted octanol–water partition coefficient (Wildman–Crippen LogP) is 3.50. The quantitative estimate of drug-likeness (QED) is 0.928. The fourth-order valence-corrected chi connectivity index (χ4v) is 3.09. The van der Waals surface area contributed by atoms with Gasteiger partial charge in [0.15, 0.2) is 0 Å². The van der Waals surface area contributed by atoms with E-state index in [1.807, 2.05) is 4.57 Å². The van der Waals surface area contributed by atoms with Crippen LogP contribution in [0.3, 0.4) is 0 Å². The van der Waals surface area contributed by atoms with Gasteiger partial charge in [-0.25, -0.2) is 0 Å². The summed E-state index contributed by atoms with van der Waals surface area (Å²) < 4.78 is 1.93. The third-order valence-corrected chi connectivity index (χ3v) is 4.62. The van der Waals surface area contributed by atoms with E-state index in [0.717, 1.165) is 17.5 Å². The monoisotopic (exact) mass is 270 g/mol. The maximum absolute atomic E-state index is 3.86. The molecule has 1 aromatic heterocycles. The molecule has 0 aliphatic heterocycles. The first-order chi connectivity index (χ1) is 9.74. The molecule has 1 aliphatic carbocycles. The first-order valence-electron chi connectivity index (χ1n) is 7.45. The minimum absolute atomic E-state index is 0.579. The lowest BCUT2D eigenvalue weighted by Crippen LogP contribution is -2.34. The number of hydrogen-bond acceptors (Lipinski definition) is 3. The van der Waals surface area contributed by atoms with Crippen molar-refractivity contribution >= 4 is 5.69 Å². The fraction of sp³-hybridized carbons (Fsp3) is 0.500. The van der Waals surface area contributed by atoms with Crippen LogP contribution in [0.4, 0.5) is 5.69 Å². The van der Waals surface area contributed by atoms with Gasteiger partial charge in [0.1, 0.15) is 12.7 Å². The number of nitrogens with zero attached hydrogens (tertiary/aromatic N) is 3. The van der Waals surface area contributed by atoms with Crippen LogP contribution in [0.5, 0.6) is 0 Å². The van der Waals surface area contributed by atoms with Crippen molar-refractivity contribution in [3.05, 3.63) is 36.9 Å². The van der Waals surface area contributed by atoms with Crippen LogP contribution in [0.1, 0.15) is 33.1 Å². The molecule has 1 saturated carbocycles. The molecule has 0 radical (unpaired) electrons. The van der Waals surface area contributed by atoms with Gasteiger partial charge < -0.3 is 5.32 Å². The predicted molar refractivity (Wildman–Crippen MR) is 80.9 cm³/mol. The van der Waals surface area contributed by atoms with Gasteiger partial charge >= 0.3 is 0 Å². The van der Waals surface area contributed by atoms with Crippen molar-refractivity contribution < 1.29 is 0 Å². The largest absolute Gasteiger partial charge is 0.382 e. The Kier molecular flexibility index (Phi) is 3.72. The Morgan fingerprint density at radius 3 is 2.75 bits per heavy atom. The highest BCUT2D eigenvalue weighted by Crippen LogP contribution is 2.31. The van der Waals surface area contributed by atoms with Crippen molar-refractivity contribution in [2.24, 2.45) is 11.8 Å². The molecule has 1 N–H and O–H groups in total. The van der Waals surface area contributed by atoms with E-state index in [2.05, 4.69) is 53.6 Å². The molecule has 3 atom stereocenters. The van der Waals surface area contributed by atoms with Crippen LogP contribution in [0.25, 0.3) is 5.69 Å². The highest BCUT2D eigenvalue weighted by atomic mass is 15.2. The fourth-order valence-electron chi connectivity index (χ4n) is 3.09. The molecule has 4 nitrogen and oxygen atoms in total. The Bertz CT molecular complexity index is 549. The minimum atomic E-state index is 0.579. The Morgan fingerprint density at radius 2 is 1.95 bits per heavy atom. The van der Waals surface area contributed by atoms with Crippen LogP contribution in [0, 0.1) is 11.8 Å². The SMILES string of the molecule is CC1CCCC(Nc2cccc(-n3cnnc3)c2)C1C. The third kappa shape index (κ3) is 2.69. The van der Waals surface area contributed by atoms with Gasteiger partial charge in [-0.15, -0.1) is 10.2 Å². The number of benzene rings is 1. The molecule has 2 aromatic rings. The van der Waals surface area contributed by atoms with Gasteiger partial charge in [-0.05, 0) is 36.5 Å². The van der Waals surface area contributed by atoms with E-state index >= 15 is 0 Å². The smallest absolute Gasteiger partial charge is 0.123 e. The molecule has 3 rings (SSSR count). The van der Waals surface area contributed by atoms with Crippen molar-refractivity contribution in [3.63, 3.8) is 0 Å². The van der Waals surface area contributed by atoms with Gasteiger partial charge in [-0.1, -0.05) is 32.8 Å². The molecule has 1 aliphatic rings. The molecule has 1 fully saturated rings. The van der Waals surface area contributed by atoms with Crippen molar-refractivity contribution in [3.8, 4) is 5.69 Å². The van der Waals surface area contributed by atoms with E-state index in [9.17, 15) is 0 Å². The van der Waals surface area contributed by atoms with Crippen molar-refractivity contribution in [1.29, 1.82) is 0 Å². The van der Waals surface area contributed by atoms with Crippen LogP contribution in [-0.2, 0) is 0 Å². The maximum Gasteiger partial charge on any atom is 0.123 e. The molecule has 106 valence electrons. The van der Waals surface area contributed by atoms with Crippen LogP contribution < -0.4 is 5.32 Å². The summed E-state index contributed by atoms with van der Waals surface area (Å²) in [7, 11) is 0. The first-order valence-corrected chi connectivity index (χ1v) is 7.45. The number of aromatic nitrogens is 3. The second-order valence-electron chi connectivity index (χ2n) is 5.94. The number of nitrogens with one attached hydrogen (secondary N) is 1. The molecule has 0 saturated heterocycles. The molecular formula is C16H22N4. The van der Waals surface area contributed by atoms with Crippen molar-refractivity contribution in [1.82, 2.24) is 14.8 Å². The van der Waals surface area contributed by atoms with Gasteiger partial charge in [0.25, 0.3) is 0 Å². The normalized spacial score (nSPS) is 26.4. The van der Waals surface area contributed by atoms with Crippen LogP contribution in [0.15, 0.2) is 36.9 Å². The maximum atomic E-state index is 3.86. The Morgan fingerprint density at radius 1 is 1.15 bits per heavy atom. The molecular weight excluding hydrogens is 248 g/mol. The third-order valence-electron chi connectivity index (χ3n) is 4.62. The molecule has 20 heavy (non-hydrogen) atoms. The molecule has 0 spiro atoms. The van der Waals surface area contributed by atoms with Crippen molar-refractivity contribution in [2.45, 2.75) is 39.2 Å². The molecule has 3 unspecified atom stereocenters. The topological polar surface area (TPSA) is 42.7 Å². The highest BCUT2D eigenvalue weighted by molar-refractivity contribution is 5.51. The number of anilines is 1. The van der Waals surface area contributed by atoms with Crippen molar-refractivity contribution in [2.75, 3.05) is 5.32 Å². The summed E-state index contributed by atoms with van der Waals surface area (Å²) in [5.41, 5.74) is 2.28. The van der Waals surface area contributed by atoms with Crippen LogP contribution in [0.2, 0.25) is 0 Å². The molecule has 4 heteroatoms. The van der Waals surface area contributed by atoms with Gasteiger partial charge in [-0.2, -0.15) is 0 Å². The number of rotatable bonds is 3. The Hall–Kier alpha value is -1.84. The van der Waals surface area contributed by atoms with Crippen LogP contribution >= 0.6 is 0 Å². The summed E-state index contributed by atoms with van der Waals surface area (Å²) in [6.45, 7) is 4.73. The summed E-state index contributed by atoms with van der Waals surface area (Å²) in [5.74, 6) is 1.53. The van der Waals surface area contributed by atoms with E-state index < -0.39 is 0 Å². The summed E-state index contributed by atoms with van der Waals surface area (Å²) in [6.07, 6.45) is 7.41. The van der Waals surface area contributed by atoms with E-state index in [4.69, 9.17) is 0 Å². The lowest BCUT2D eigenvalue weighted by Gasteiger charge is -2.35. The first kappa shape index (κ1) is 13.2. The van der Waals surface area contributed by atoms with Crippen LogP contribution in [-0.4, -0.2) is 20.8 Å². The Balaban J connectivity index is 1.76. The van der Waals surface area contributed by atoms with E-state index in [1.54, 1.807) is 12.7 Å². The summed E-state index contributed by atoms with van der Waals surface area (Å²) in [6, 6.07) is 9.03. The highest BCUT2D eigenvalue weighted by Gasteiger charge is 2.26. The summed E-state index contributed by atoms with van der Waals surface area (Å²) >= 11 is 0. The summed E-state index contributed by atoms with van der Waals surface area (Å²) in [4.78, 5) is 0. The molecule has 0 bridgehead atoms. The second kappa shape index (κ2) is 5.65. The molecule has 1 heterocycles. The second-order valence-corrected chi connectivity index (χ2v) is 5.94. The van der Waals surface area contributed by atoms with E-state index in [-0.39, 0.29) is 0 Å². The average molecular weight is 270 g/mol. The molecule has 0 amide bonds. The van der Waals surface area contributed by atoms with Gasteiger partial charge in [-0.3, -0.25) is 4.57 Å². The number of hydrogen-bond donors (Lipinski definition) is 1. The Labute approximate surface area is 120 Å². The standard InChI is InChI=1S/C16H22N4/c1-12-5-3-8-16(13(12)2)19-14-6-4-7-15(9-14)20-10-17-18-11-20/h4,6-7,9-13,16,19H,3,5,8H2,1-2H3. The lowest BCUT2D eigenvalue weighted by molar-refractivity contribution is 0.253. The van der Waals surface area contributed by atoms with Gasteiger partial charge in [0.05, 0.1) is 5.69 Å². The van der Waals surface area contributed by atoms with Gasteiger partial charge in [0, 0.05) is 11.7 Å². The van der Waals surface area contributed by atoms with E-state index in [0.29, 0.717) is 6.04 Å². The zero-order chi connectivity index (χ0) is 13.9. The van der Waals surface area contributed by atoms with E-state index in [1.165, 1.54) is 24.9 Å². The zero-order valence-corrected chi connectivity index (χ0v) is 12.2. The zero-order valence-electron chi connectivity index (χ0n) is 12.2. The summed E-state index contributed by atoms with van der Waals surface area (Å²) in [5, 5.41) is 11.4.